The van der Waals surface area contributed by atoms with Gasteiger partial charge in [0.1, 0.15) is 18.6 Å². The summed E-state index contributed by atoms with van der Waals surface area (Å²) in [5.41, 5.74) is -4.20. The fraction of sp³-hybridized carbons (Fsp3) is 0.368. The Bertz CT molecular complexity index is 1230. The van der Waals surface area contributed by atoms with Crippen LogP contribution < -0.4 is 5.32 Å². The predicted molar refractivity (Wildman–Crippen MR) is 100 cm³/mol. The van der Waals surface area contributed by atoms with Crippen LogP contribution in [0.3, 0.4) is 0 Å². The zero-order valence-corrected chi connectivity index (χ0v) is 17.2. The first-order chi connectivity index (χ1) is 15.8. The van der Waals surface area contributed by atoms with E-state index in [2.05, 4.69) is 20.4 Å². The van der Waals surface area contributed by atoms with Crippen molar-refractivity contribution in [2.45, 2.75) is 37.8 Å². The van der Waals surface area contributed by atoms with Crippen LogP contribution in [0.2, 0.25) is 0 Å². The van der Waals surface area contributed by atoms with Crippen molar-refractivity contribution in [3.63, 3.8) is 0 Å². The number of pyridine rings is 1. The van der Waals surface area contributed by atoms with Gasteiger partial charge < -0.3 is 10.1 Å². The van der Waals surface area contributed by atoms with E-state index < -0.39 is 47.6 Å². The summed E-state index contributed by atoms with van der Waals surface area (Å²) in [6.07, 6.45) is -6.77. The summed E-state index contributed by atoms with van der Waals surface area (Å²) in [6, 6.07) is 1.64. The van der Waals surface area contributed by atoms with Gasteiger partial charge in [-0.2, -0.15) is 31.4 Å². The molecule has 0 aliphatic carbocycles. The number of anilines is 1. The minimum Gasteiger partial charge on any atom is -0.359 e. The summed E-state index contributed by atoms with van der Waals surface area (Å²) >= 11 is 0. The second-order valence-electron chi connectivity index (χ2n) is 7.49. The summed E-state index contributed by atoms with van der Waals surface area (Å²) in [5, 5.41) is 5.60. The van der Waals surface area contributed by atoms with Gasteiger partial charge in [0.25, 0.3) is 0 Å². The van der Waals surface area contributed by atoms with E-state index >= 15 is 0 Å². The standard InChI is InChI=1S/C19H15F7N6O2/c1-10-4-13(18(21,22)23)30-32(10)8-15(33)29-11-5-12(20)16(27-6-11)31-7-14(28-9-31)17(2-3-34-17)19(24,25)26/h4-7,9H,2-3,8H2,1H3,(H,29,33). The monoisotopic (exact) mass is 492 g/mol. The molecule has 4 rings (SSSR count). The maximum atomic E-state index is 14.6. The molecule has 8 nitrogen and oxygen atoms in total. The Morgan fingerprint density at radius 2 is 1.91 bits per heavy atom. The van der Waals surface area contributed by atoms with Crippen LogP contribution >= 0.6 is 0 Å². The number of aromatic nitrogens is 5. The van der Waals surface area contributed by atoms with E-state index in [0.717, 1.165) is 40.1 Å². The summed E-state index contributed by atoms with van der Waals surface area (Å²) in [6.45, 7) is 0.668. The normalized spacial score (nSPS) is 18.6. The van der Waals surface area contributed by atoms with Crippen LogP contribution in [0.4, 0.5) is 36.4 Å². The number of aryl methyl sites for hydroxylation is 1. The number of alkyl halides is 6. The van der Waals surface area contributed by atoms with Crippen molar-refractivity contribution in [3.05, 3.63) is 53.8 Å². The molecule has 0 radical (unpaired) electrons. The van der Waals surface area contributed by atoms with Crippen LogP contribution in [-0.4, -0.2) is 43.0 Å². The number of nitrogens with one attached hydrogen (secondary N) is 1. The van der Waals surface area contributed by atoms with E-state index in [1.807, 2.05) is 0 Å². The Morgan fingerprint density at radius 3 is 2.44 bits per heavy atom. The van der Waals surface area contributed by atoms with E-state index in [1.54, 1.807) is 0 Å². The molecule has 15 heteroatoms. The van der Waals surface area contributed by atoms with Crippen LogP contribution in [0.25, 0.3) is 5.82 Å². The third-order valence-corrected chi connectivity index (χ3v) is 5.17. The fourth-order valence-corrected chi connectivity index (χ4v) is 3.36. The van der Waals surface area contributed by atoms with Crippen molar-refractivity contribution in [1.29, 1.82) is 0 Å². The van der Waals surface area contributed by atoms with Crippen LogP contribution in [0, 0.1) is 12.7 Å². The van der Waals surface area contributed by atoms with Gasteiger partial charge in [0.2, 0.25) is 11.5 Å². The molecule has 1 unspecified atom stereocenters. The number of rotatable bonds is 5. The highest BCUT2D eigenvalue weighted by molar-refractivity contribution is 5.90. The fourth-order valence-electron chi connectivity index (χ4n) is 3.36. The largest absolute Gasteiger partial charge is 0.435 e. The van der Waals surface area contributed by atoms with Crippen molar-refractivity contribution in [2.24, 2.45) is 0 Å². The molecule has 1 aliphatic heterocycles. The molecule has 182 valence electrons. The summed E-state index contributed by atoms with van der Waals surface area (Å²) < 4.78 is 99.5. The first-order valence-corrected chi connectivity index (χ1v) is 9.63. The maximum Gasteiger partial charge on any atom is 0.435 e. The van der Waals surface area contributed by atoms with Crippen molar-refractivity contribution in [2.75, 3.05) is 11.9 Å². The average Bonchev–Trinajstić information content (AvgIpc) is 3.27. The topological polar surface area (TPSA) is 86.9 Å². The molecular weight excluding hydrogens is 477 g/mol. The molecule has 0 saturated carbocycles. The third-order valence-electron chi connectivity index (χ3n) is 5.17. The summed E-state index contributed by atoms with van der Waals surface area (Å²) in [7, 11) is 0. The van der Waals surface area contributed by atoms with Gasteiger partial charge in [-0.05, 0) is 13.0 Å². The van der Waals surface area contributed by atoms with Crippen LogP contribution in [0.5, 0.6) is 0 Å². The SMILES string of the molecule is Cc1cc(C(F)(F)F)nn1CC(=O)Nc1cnc(-n2cnc(C3(C(F)(F)F)CCO3)c2)c(F)c1. The highest BCUT2D eigenvalue weighted by Gasteiger charge is 2.63. The molecule has 1 amide bonds. The molecule has 4 heterocycles. The number of hydrogen-bond acceptors (Lipinski definition) is 5. The smallest absolute Gasteiger partial charge is 0.359 e. The zero-order valence-electron chi connectivity index (χ0n) is 17.2. The zero-order chi connectivity index (χ0) is 24.9. The first kappa shape index (κ1) is 23.7. The Labute approximate surface area is 186 Å². The third kappa shape index (κ3) is 4.22. The lowest BCUT2D eigenvalue weighted by Gasteiger charge is -2.41. The van der Waals surface area contributed by atoms with Crippen LogP contribution in [0.15, 0.2) is 30.9 Å². The van der Waals surface area contributed by atoms with Crippen molar-refractivity contribution < 1.29 is 40.3 Å². The van der Waals surface area contributed by atoms with Gasteiger partial charge in [0, 0.05) is 24.4 Å². The van der Waals surface area contributed by atoms with Crippen LogP contribution in [0.1, 0.15) is 23.5 Å². The number of carbonyl (C=O) groups is 1. The highest BCUT2D eigenvalue weighted by Crippen LogP contribution is 2.49. The van der Waals surface area contributed by atoms with Crippen LogP contribution in [-0.2, 0) is 27.9 Å². The maximum absolute atomic E-state index is 14.6. The molecule has 1 N–H and O–H groups in total. The lowest BCUT2D eigenvalue weighted by atomic mass is 9.91. The van der Waals surface area contributed by atoms with Gasteiger partial charge in [-0.25, -0.2) is 14.4 Å². The van der Waals surface area contributed by atoms with Crippen molar-refractivity contribution in [1.82, 2.24) is 24.3 Å². The van der Waals surface area contributed by atoms with E-state index in [0.29, 0.717) is 0 Å². The number of hydrogen-bond donors (Lipinski definition) is 1. The van der Waals surface area contributed by atoms with E-state index in [-0.39, 0.29) is 30.2 Å². The van der Waals surface area contributed by atoms with E-state index in [9.17, 15) is 35.5 Å². The quantitative estimate of drug-likeness (QED) is 0.549. The van der Waals surface area contributed by atoms with Gasteiger partial charge in [0.15, 0.2) is 17.3 Å². The molecule has 1 aliphatic rings. The number of ether oxygens (including phenoxy) is 1. The van der Waals surface area contributed by atoms with Gasteiger partial charge >= 0.3 is 12.4 Å². The second-order valence-corrected chi connectivity index (χ2v) is 7.49. The highest BCUT2D eigenvalue weighted by atomic mass is 19.4. The molecular formula is C19H15F7N6O2. The molecule has 1 fully saturated rings. The molecule has 3 aromatic rings. The number of amides is 1. The van der Waals surface area contributed by atoms with Gasteiger partial charge in [0.05, 0.1) is 18.5 Å². The molecule has 1 saturated heterocycles. The number of halogens is 7. The van der Waals surface area contributed by atoms with Gasteiger partial charge in [-0.1, -0.05) is 0 Å². The van der Waals surface area contributed by atoms with Crippen molar-refractivity contribution in [3.8, 4) is 5.82 Å². The molecule has 3 aromatic heterocycles. The Hall–Kier alpha value is -3.49. The van der Waals surface area contributed by atoms with Gasteiger partial charge in [-0.15, -0.1) is 0 Å². The predicted octanol–water partition coefficient (Wildman–Crippen LogP) is 3.75. The molecule has 0 spiro atoms. The Balaban J connectivity index is 1.48. The average molecular weight is 492 g/mol. The number of imidazole rings is 1. The molecule has 1 atom stereocenters. The Kier molecular flexibility index (Phi) is 5.62. The summed E-state index contributed by atoms with van der Waals surface area (Å²) in [5.74, 6) is -2.17. The molecule has 0 aromatic carbocycles. The molecule has 0 bridgehead atoms. The minimum absolute atomic E-state index is 0.0881. The lowest BCUT2D eigenvalue weighted by Crippen LogP contribution is -2.53. The minimum atomic E-state index is -4.71. The van der Waals surface area contributed by atoms with E-state index in [1.165, 1.54) is 6.92 Å². The van der Waals surface area contributed by atoms with Crippen molar-refractivity contribution >= 4 is 11.6 Å². The van der Waals surface area contributed by atoms with E-state index in [4.69, 9.17) is 4.74 Å². The lowest BCUT2D eigenvalue weighted by molar-refractivity contribution is -0.335. The Morgan fingerprint density at radius 1 is 1.21 bits per heavy atom. The molecule has 34 heavy (non-hydrogen) atoms. The van der Waals surface area contributed by atoms with Gasteiger partial charge in [-0.3, -0.25) is 14.0 Å². The second kappa shape index (κ2) is 8.07. The first-order valence-electron chi connectivity index (χ1n) is 9.63. The number of nitrogens with zero attached hydrogens (tertiary/aromatic N) is 5. The number of carbonyl (C=O) groups excluding carboxylic acids is 1. The summed E-state index contributed by atoms with van der Waals surface area (Å²) in [4.78, 5) is 19.7.